The Balaban J connectivity index is 2.27. The molecule has 2 aromatic rings. The molecule has 0 aliphatic rings. The molecular weight excluding hydrogens is 264 g/mol. The Kier molecular flexibility index (Phi) is 4.63. The van der Waals surface area contributed by atoms with Crippen LogP contribution in [-0.2, 0) is 18.5 Å². The van der Waals surface area contributed by atoms with Crippen molar-refractivity contribution in [3.8, 4) is 5.75 Å². The van der Waals surface area contributed by atoms with Crippen LogP contribution in [0.25, 0.3) is 0 Å². The highest BCUT2D eigenvalue weighted by Gasteiger charge is 2.27. The van der Waals surface area contributed by atoms with Crippen molar-refractivity contribution in [2.24, 2.45) is 11.7 Å². The molecule has 0 spiro atoms. The molecule has 2 N–H and O–H groups in total. The summed E-state index contributed by atoms with van der Waals surface area (Å²) in [5, 5.41) is 4.30. The van der Waals surface area contributed by atoms with Crippen molar-refractivity contribution in [1.82, 2.24) is 14.8 Å². The van der Waals surface area contributed by atoms with Gasteiger partial charge in [0.2, 0.25) is 0 Å². The fraction of sp³-hybridized carbons (Fsp3) is 0.500. The van der Waals surface area contributed by atoms with E-state index in [-0.39, 0.29) is 0 Å². The normalized spacial score (nSPS) is 14.2. The topological polar surface area (TPSA) is 66.0 Å². The van der Waals surface area contributed by atoms with Crippen LogP contribution in [0.4, 0.5) is 0 Å². The highest BCUT2D eigenvalue weighted by Crippen LogP contribution is 2.30. The first kappa shape index (κ1) is 15.5. The van der Waals surface area contributed by atoms with Gasteiger partial charge in [0.05, 0.1) is 7.11 Å². The molecule has 0 radical (unpaired) electrons. The molecule has 1 unspecified atom stereocenters. The monoisotopic (exact) mass is 288 g/mol. The van der Waals surface area contributed by atoms with Crippen LogP contribution in [0.5, 0.6) is 5.75 Å². The van der Waals surface area contributed by atoms with E-state index in [9.17, 15) is 0 Å². The summed E-state index contributed by atoms with van der Waals surface area (Å²) < 4.78 is 7.36. The first-order valence-electron chi connectivity index (χ1n) is 7.23. The van der Waals surface area contributed by atoms with Gasteiger partial charge in [-0.05, 0) is 18.9 Å². The number of hydrogen-bond donors (Lipinski definition) is 1. The van der Waals surface area contributed by atoms with E-state index in [0.717, 1.165) is 23.7 Å². The Morgan fingerprint density at radius 3 is 2.71 bits per heavy atom. The molecule has 21 heavy (non-hydrogen) atoms. The molecule has 0 fully saturated rings. The van der Waals surface area contributed by atoms with Crippen LogP contribution in [-0.4, -0.2) is 21.9 Å². The molecule has 114 valence electrons. The summed E-state index contributed by atoms with van der Waals surface area (Å²) in [6.07, 6.45) is 2.20. The Hall–Kier alpha value is -1.88. The molecule has 0 saturated carbocycles. The first-order valence-corrected chi connectivity index (χ1v) is 7.23. The number of ether oxygens (including phenoxy) is 1. The lowest BCUT2D eigenvalue weighted by atomic mass is 9.88. The zero-order chi connectivity index (χ0) is 15.5. The number of nitrogens with two attached hydrogens (primary N) is 1. The molecule has 5 nitrogen and oxygen atoms in total. The van der Waals surface area contributed by atoms with Crippen LogP contribution in [0.15, 0.2) is 30.6 Å². The van der Waals surface area contributed by atoms with Crippen LogP contribution in [0.2, 0.25) is 0 Å². The largest absolute Gasteiger partial charge is 0.496 e. The van der Waals surface area contributed by atoms with Crippen molar-refractivity contribution in [3.05, 3.63) is 42.0 Å². The number of methoxy groups -OCH3 is 1. The number of benzene rings is 1. The highest BCUT2D eigenvalue weighted by atomic mass is 16.5. The molecule has 0 aliphatic carbocycles. The van der Waals surface area contributed by atoms with Crippen molar-refractivity contribution in [2.75, 3.05) is 7.11 Å². The van der Waals surface area contributed by atoms with Crippen LogP contribution in [0.3, 0.4) is 0 Å². The summed E-state index contributed by atoms with van der Waals surface area (Å²) in [7, 11) is 1.66. The molecule has 2 rings (SSSR count). The summed E-state index contributed by atoms with van der Waals surface area (Å²) >= 11 is 0. The van der Waals surface area contributed by atoms with Crippen molar-refractivity contribution in [1.29, 1.82) is 0 Å². The van der Waals surface area contributed by atoms with Gasteiger partial charge in [-0.25, -0.2) is 9.67 Å². The molecule has 0 saturated heterocycles. The second-order valence-corrected chi connectivity index (χ2v) is 6.05. The first-order chi connectivity index (χ1) is 9.94. The van der Waals surface area contributed by atoms with Gasteiger partial charge in [0, 0.05) is 24.1 Å². The molecule has 1 aromatic carbocycles. The predicted octanol–water partition coefficient (Wildman–Crippen LogP) is 2.36. The molecular formula is C16H24N4O. The minimum absolute atomic E-state index is 0.515. The van der Waals surface area contributed by atoms with Gasteiger partial charge in [0.1, 0.15) is 17.9 Å². The smallest absolute Gasteiger partial charge is 0.138 e. The summed E-state index contributed by atoms with van der Waals surface area (Å²) in [5.41, 5.74) is 6.96. The van der Waals surface area contributed by atoms with Crippen molar-refractivity contribution < 1.29 is 4.74 Å². The Bertz CT molecular complexity index is 589. The minimum atomic E-state index is -0.561. The quantitative estimate of drug-likeness (QED) is 0.886. The lowest BCUT2D eigenvalue weighted by Crippen LogP contribution is -2.37. The maximum atomic E-state index is 6.54. The lowest BCUT2D eigenvalue weighted by molar-refractivity contribution is 0.377. The fourth-order valence-electron chi connectivity index (χ4n) is 2.46. The number of para-hydroxylation sites is 1. The minimum Gasteiger partial charge on any atom is -0.496 e. The Morgan fingerprint density at radius 1 is 1.33 bits per heavy atom. The maximum Gasteiger partial charge on any atom is 0.138 e. The van der Waals surface area contributed by atoms with Gasteiger partial charge in [-0.1, -0.05) is 32.0 Å². The lowest BCUT2D eigenvalue weighted by Gasteiger charge is -2.27. The number of aromatic nitrogens is 3. The van der Waals surface area contributed by atoms with Gasteiger partial charge in [-0.15, -0.1) is 0 Å². The van der Waals surface area contributed by atoms with Gasteiger partial charge >= 0.3 is 0 Å². The predicted molar refractivity (Wildman–Crippen MR) is 83.1 cm³/mol. The van der Waals surface area contributed by atoms with E-state index in [4.69, 9.17) is 10.5 Å². The second-order valence-electron chi connectivity index (χ2n) is 6.05. The number of nitrogens with zero attached hydrogens (tertiary/aromatic N) is 3. The standard InChI is InChI=1S/C16H24N4O/c1-12(2)10-20-15(18-11-19-20)9-16(3,17)13-7-5-6-8-14(13)21-4/h5-8,11-12H,9-10,17H2,1-4H3. The summed E-state index contributed by atoms with van der Waals surface area (Å²) in [6.45, 7) is 7.16. The van der Waals surface area contributed by atoms with Gasteiger partial charge in [-0.3, -0.25) is 0 Å². The molecule has 0 bridgehead atoms. The van der Waals surface area contributed by atoms with E-state index in [2.05, 4.69) is 23.9 Å². The van der Waals surface area contributed by atoms with Gasteiger partial charge in [0.15, 0.2) is 0 Å². The third kappa shape index (κ3) is 3.61. The molecule has 1 atom stereocenters. The zero-order valence-corrected chi connectivity index (χ0v) is 13.2. The molecule has 1 heterocycles. The van der Waals surface area contributed by atoms with Crippen LogP contribution >= 0.6 is 0 Å². The molecule has 5 heteroatoms. The van der Waals surface area contributed by atoms with Crippen LogP contribution in [0.1, 0.15) is 32.2 Å². The maximum absolute atomic E-state index is 6.54. The SMILES string of the molecule is COc1ccccc1C(C)(N)Cc1ncnn1CC(C)C. The van der Waals surface area contributed by atoms with Gasteiger partial charge in [-0.2, -0.15) is 5.10 Å². The van der Waals surface area contributed by atoms with E-state index in [1.807, 2.05) is 35.9 Å². The molecule has 0 aliphatic heterocycles. The third-order valence-electron chi connectivity index (χ3n) is 3.48. The summed E-state index contributed by atoms with van der Waals surface area (Å²) in [4.78, 5) is 4.37. The number of rotatable bonds is 6. The molecule has 1 aromatic heterocycles. The average molecular weight is 288 g/mol. The van der Waals surface area contributed by atoms with E-state index in [0.29, 0.717) is 12.3 Å². The number of hydrogen-bond acceptors (Lipinski definition) is 4. The van der Waals surface area contributed by atoms with Crippen molar-refractivity contribution in [3.63, 3.8) is 0 Å². The third-order valence-corrected chi connectivity index (χ3v) is 3.48. The summed E-state index contributed by atoms with van der Waals surface area (Å²) in [5.74, 6) is 2.22. The van der Waals surface area contributed by atoms with E-state index < -0.39 is 5.54 Å². The van der Waals surface area contributed by atoms with Crippen LogP contribution < -0.4 is 10.5 Å². The van der Waals surface area contributed by atoms with E-state index in [1.54, 1.807) is 13.4 Å². The highest BCUT2D eigenvalue weighted by molar-refractivity contribution is 5.39. The van der Waals surface area contributed by atoms with E-state index in [1.165, 1.54) is 0 Å². The van der Waals surface area contributed by atoms with E-state index >= 15 is 0 Å². The van der Waals surface area contributed by atoms with Gasteiger partial charge in [0.25, 0.3) is 0 Å². The van der Waals surface area contributed by atoms with Crippen LogP contribution in [0, 0.1) is 5.92 Å². The van der Waals surface area contributed by atoms with Crippen molar-refractivity contribution >= 4 is 0 Å². The Morgan fingerprint density at radius 2 is 2.05 bits per heavy atom. The average Bonchev–Trinajstić information content (AvgIpc) is 2.84. The zero-order valence-electron chi connectivity index (χ0n) is 13.2. The van der Waals surface area contributed by atoms with Gasteiger partial charge < -0.3 is 10.5 Å². The fourth-order valence-corrected chi connectivity index (χ4v) is 2.46. The Labute approximate surface area is 126 Å². The molecule has 0 amide bonds. The summed E-state index contributed by atoms with van der Waals surface area (Å²) in [6, 6.07) is 7.85. The second kappa shape index (κ2) is 6.26. The van der Waals surface area contributed by atoms with Crippen molar-refractivity contribution in [2.45, 2.75) is 39.3 Å².